The topological polar surface area (TPSA) is 30.2 Å². The van der Waals surface area contributed by atoms with Crippen molar-refractivity contribution >= 4 is 22.8 Å². The molecule has 0 amide bonds. The summed E-state index contributed by atoms with van der Waals surface area (Å²) in [5, 5.41) is 1.06. The van der Waals surface area contributed by atoms with Gasteiger partial charge in [-0.1, -0.05) is 24.3 Å². The second-order valence-electron chi connectivity index (χ2n) is 4.43. The maximum absolute atomic E-state index is 11.1. The number of rotatable bonds is 2. The molecule has 0 radical (unpaired) electrons. The first kappa shape index (κ1) is 10.3. The Morgan fingerprint density at radius 2 is 2.06 bits per heavy atom. The third-order valence-electron chi connectivity index (χ3n) is 3.34. The average Bonchev–Trinajstić information content (AvgIpc) is 2.78. The molecule has 0 fully saturated rings. The van der Waals surface area contributed by atoms with E-state index in [9.17, 15) is 4.79 Å². The predicted octanol–water partition coefficient (Wildman–Crippen LogP) is 4.20. The second kappa shape index (κ2) is 4.21. The molecular weight excluding hydrogens is 212 g/mol. The van der Waals surface area contributed by atoms with Crippen LogP contribution in [0.15, 0.2) is 34.8 Å². The molecule has 86 valence electrons. The summed E-state index contributed by atoms with van der Waals surface area (Å²) < 4.78 is 5.59. The van der Waals surface area contributed by atoms with Gasteiger partial charge in [0.2, 0.25) is 0 Å². The summed E-state index contributed by atoms with van der Waals surface area (Å²) in [7, 11) is 0. The van der Waals surface area contributed by atoms with Crippen LogP contribution in [-0.4, -0.2) is 6.29 Å². The van der Waals surface area contributed by atoms with Crippen LogP contribution in [-0.2, 0) is 0 Å². The minimum atomic E-state index is 0.472. The zero-order chi connectivity index (χ0) is 11.7. The molecule has 1 aromatic heterocycles. The molecule has 0 N–H and O–H groups in total. The van der Waals surface area contributed by atoms with Crippen molar-refractivity contribution in [3.05, 3.63) is 41.7 Å². The molecule has 1 aromatic carbocycles. The minimum absolute atomic E-state index is 0.472. The van der Waals surface area contributed by atoms with Gasteiger partial charge in [-0.15, -0.1) is 0 Å². The van der Waals surface area contributed by atoms with Crippen molar-refractivity contribution in [1.82, 2.24) is 0 Å². The van der Waals surface area contributed by atoms with E-state index in [0.717, 1.165) is 35.7 Å². The lowest BCUT2D eigenvalue weighted by Crippen LogP contribution is -1.93. The standard InChI is InChI=1S/C15H14O2/c16-10-14-15(11-6-2-1-3-7-11)12-8-4-5-9-13(12)17-14/h4-6,8-10H,1-3,7H2. The van der Waals surface area contributed by atoms with Gasteiger partial charge in [-0.3, -0.25) is 4.79 Å². The van der Waals surface area contributed by atoms with Crippen LogP contribution in [0.1, 0.15) is 41.8 Å². The number of para-hydroxylation sites is 1. The molecule has 2 nitrogen and oxygen atoms in total. The van der Waals surface area contributed by atoms with Crippen molar-refractivity contribution in [2.75, 3.05) is 0 Å². The second-order valence-corrected chi connectivity index (χ2v) is 4.43. The number of carbonyl (C=O) groups excluding carboxylic acids is 1. The van der Waals surface area contributed by atoms with Crippen molar-refractivity contribution < 1.29 is 9.21 Å². The summed E-state index contributed by atoms with van der Waals surface area (Å²) in [6.45, 7) is 0. The monoisotopic (exact) mass is 226 g/mol. The van der Waals surface area contributed by atoms with Gasteiger partial charge in [0, 0.05) is 10.9 Å². The lowest BCUT2D eigenvalue weighted by molar-refractivity contribution is 0.110. The van der Waals surface area contributed by atoms with Crippen LogP contribution < -0.4 is 0 Å². The van der Waals surface area contributed by atoms with Gasteiger partial charge in [0.25, 0.3) is 0 Å². The zero-order valence-corrected chi connectivity index (χ0v) is 9.61. The number of furan rings is 1. The Hall–Kier alpha value is -1.83. The summed E-state index contributed by atoms with van der Waals surface area (Å²) in [5.74, 6) is 0.472. The van der Waals surface area contributed by atoms with Gasteiger partial charge in [-0.25, -0.2) is 0 Å². The van der Waals surface area contributed by atoms with Crippen LogP contribution in [0.5, 0.6) is 0 Å². The molecule has 0 saturated heterocycles. The summed E-state index contributed by atoms with van der Waals surface area (Å²) in [4.78, 5) is 11.1. The van der Waals surface area contributed by atoms with Gasteiger partial charge >= 0.3 is 0 Å². The van der Waals surface area contributed by atoms with Crippen LogP contribution >= 0.6 is 0 Å². The fourth-order valence-electron chi connectivity index (χ4n) is 2.54. The molecule has 0 aliphatic heterocycles. The molecule has 2 aromatic rings. The first-order chi connectivity index (χ1) is 8.40. The van der Waals surface area contributed by atoms with E-state index in [4.69, 9.17) is 4.42 Å². The SMILES string of the molecule is O=Cc1oc2ccccc2c1C1=CCCCC1. The molecule has 1 heterocycles. The highest BCUT2D eigenvalue weighted by atomic mass is 16.3. The molecule has 17 heavy (non-hydrogen) atoms. The molecule has 0 unspecified atom stereocenters. The number of fused-ring (bicyclic) bond motifs is 1. The molecule has 0 bridgehead atoms. The van der Waals surface area contributed by atoms with Crippen molar-refractivity contribution in [3.63, 3.8) is 0 Å². The van der Waals surface area contributed by atoms with E-state index in [2.05, 4.69) is 6.08 Å². The number of allylic oxidation sites excluding steroid dienone is 2. The van der Waals surface area contributed by atoms with E-state index >= 15 is 0 Å². The highest BCUT2D eigenvalue weighted by Gasteiger charge is 2.17. The van der Waals surface area contributed by atoms with E-state index in [1.807, 2.05) is 24.3 Å². The van der Waals surface area contributed by atoms with Gasteiger partial charge in [0.05, 0.1) is 0 Å². The van der Waals surface area contributed by atoms with E-state index in [0.29, 0.717) is 5.76 Å². The Morgan fingerprint density at radius 3 is 2.82 bits per heavy atom. The third-order valence-corrected chi connectivity index (χ3v) is 3.34. The van der Waals surface area contributed by atoms with Gasteiger partial charge in [0.15, 0.2) is 12.0 Å². The van der Waals surface area contributed by atoms with Crippen molar-refractivity contribution in [2.24, 2.45) is 0 Å². The largest absolute Gasteiger partial charge is 0.453 e. The van der Waals surface area contributed by atoms with Crippen molar-refractivity contribution in [3.8, 4) is 0 Å². The van der Waals surface area contributed by atoms with Gasteiger partial charge in [-0.2, -0.15) is 0 Å². The quantitative estimate of drug-likeness (QED) is 0.718. The van der Waals surface area contributed by atoms with Crippen LogP contribution in [0.2, 0.25) is 0 Å². The number of hydrogen-bond acceptors (Lipinski definition) is 2. The Morgan fingerprint density at radius 1 is 1.18 bits per heavy atom. The Balaban J connectivity index is 2.25. The molecular formula is C15H14O2. The molecule has 1 aliphatic rings. The summed E-state index contributed by atoms with van der Waals surface area (Å²) in [6, 6.07) is 7.85. The fourth-order valence-corrected chi connectivity index (χ4v) is 2.54. The molecule has 3 rings (SSSR count). The van der Waals surface area contributed by atoms with E-state index in [1.165, 1.54) is 18.4 Å². The van der Waals surface area contributed by atoms with E-state index < -0.39 is 0 Å². The fraction of sp³-hybridized carbons (Fsp3) is 0.267. The lowest BCUT2D eigenvalue weighted by Gasteiger charge is -2.11. The molecule has 0 atom stereocenters. The van der Waals surface area contributed by atoms with Crippen LogP contribution in [0.4, 0.5) is 0 Å². The van der Waals surface area contributed by atoms with Gasteiger partial charge < -0.3 is 4.42 Å². The van der Waals surface area contributed by atoms with Crippen LogP contribution in [0.25, 0.3) is 16.5 Å². The number of benzene rings is 1. The number of hydrogen-bond donors (Lipinski definition) is 0. The Bertz CT molecular complexity index is 590. The maximum atomic E-state index is 11.1. The average molecular weight is 226 g/mol. The Kier molecular flexibility index (Phi) is 2.56. The lowest BCUT2D eigenvalue weighted by atomic mass is 9.92. The highest BCUT2D eigenvalue weighted by molar-refractivity contribution is 5.98. The normalized spacial score (nSPS) is 15.9. The molecule has 0 saturated carbocycles. The minimum Gasteiger partial charge on any atom is -0.453 e. The van der Waals surface area contributed by atoms with Crippen LogP contribution in [0, 0.1) is 0 Å². The maximum Gasteiger partial charge on any atom is 0.186 e. The smallest absolute Gasteiger partial charge is 0.186 e. The number of aldehydes is 1. The third kappa shape index (κ3) is 1.70. The Labute approximate surface area is 99.9 Å². The van der Waals surface area contributed by atoms with E-state index in [-0.39, 0.29) is 0 Å². The molecule has 1 aliphatic carbocycles. The van der Waals surface area contributed by atoms with E-state index in [1.54, 1.807) is 0 Å². The predicted molar refractivity (Wildman–Crippen MR) is 68.0 cm³/mol. The van der Waals surface area contributed by atoms with Crippen molar-refractivity contribution in [2.45, 2.75) is 25.7 Å². The van der Waals surface area contributed by atoms with Gasteiger partial charge in [-0.05, 0) is 37.3 Å². The van der Waals surface area contributed by atoms with Crippen molar-refractivity contribution in [1.29, 1.82) is 0 Å². The molecule has 0 spiro atoms. The highest BCUT2D eigenvalue weighted by Crippen LogP contribution is 2.35. The first-order valence-corrected chi connectivity index (χ1v) is 6.06. The summed E-state index contributed by atoms with van der Waals surface area (Å²) in [5.41, 5.74) is 3.08. The first-order valence-electron chi connectivity index (χ1n) is 6.06. The summed E-state index contributed by atoms with van der Waals surface area (Å²) in [6.07, 6.45) is 7.66. The summed E-state index contributed by atoms with van der Waals surface area (Å²) >= 11 is 0. The van der Waals surface area contributed by atoms with Gasteiger partial charge in [0.1, 0.15) is 5.58 Å². The van der Waals surface area contributed by atoms with Crippen LogP contribution in [0.3, 0.4) is 0 Å². The number of carbonyl (C=O) groups is 1. The molecule has 2 heteroatoms. The zero-order valence-electron chi connectivity index (χ0n) is 9.61.